The van der Waals surface area contributed by atoms with Crippen molar-refractivity contribution in [2.24, 2.45) is 0 Å². The quantitative estimate of drug-likeness (QED) is 0.849. The summed E-state index contributed by atoms with van der Waals surface area (Å²) in [7, 11) is 1.64. The summed E-state index contributed by atoms with van der Waals surface area (Å²) in [6, 6.07) is 8.72. The van der Waals surface area contributed by atoms with Crippen molar-refractivity contribution in [2.45, 2.75) is 32.7 Å². The zero-order chi connectivity index (χ0) is 15.1. The van der Waals surface area contributed by atoms with Crippen LogP contribution in [0, 0.1) is 6.92 Å². The average Bonchev–Trinajstić information content (AvgIpc) is 2.53. The maximum atomic E-state index is 5.35. The smallest absolute Gasteiger partial charge is 0.237 e. The van der Waals surface area contributed by atoms with Crippen molar-refractivity contribution in [1.29, 1.82) is 0 Å². The van der Waals surface area contributed by atoms with Gasteiger partial charge in [-0.1, -0.05) is 36.8 Å². The van der Waals surface area contributed by atoms with Crippen LogP contribution < -0.4 is 10.1 Å². The number of benzene rings is 1. The molecule has 2 rings (SSSR count). The summed E-state index contributed by atoms with van der Waals surface area (Å²) in [6.07, 6.45) is 5.32. The largest absolute Gasteiger partial charge is 0.480 e. The third-order valence-corrected chi connectivity index (χ3v) is 3.42. The Morgan fingerprint density at radius 1 is 1.14 bits per heavy atom. The highest BCUT2D eigenvalue weighted by Gasteiger charge is 2.18. The van der Waals surface area contributed by atoms with Crippen LogP contribution in [-0.4, -0.2) is 23.6 Å². The maximum absolute atomic E-state index is 5.35. The summed E-state index contributed by atoms with van der Waals surface area (Å²) < 4.78 is 5.35. The third-order valence-electron chi connectivity index (χ3n) is 3.42. The van der Waals surface area contributed by atoms with Crippen molar-refractivity contribution < 1.29 is 4.74 Å². The third kappa shape index (κ3) is 4.26. The molecule has 0 aliphatic rings. The molecule has 21 heavy (non-hydrogen) atoms. The van der Waals surface area contributed by atoms with Gasteiger partial charge in [0.1, 0.15) is 5.69 Å². The summed E-state index contributed by atoms with van der Waals surface area (Å²) in [6.45, 7) is 5.20. The normalized spacial score (nSPS) is 12.1. The van der Waals surface area contributed by atoms with Gasteiger partial charge >= 0.3 is 0 Å². The van der Waals surface area contributed by atoms with E-state index in [4.69, 9.17) is 4.74 Å². The molecular weight excluding hydrogens is 262 g/mol. The number of rotatable bonds is 7. The Bertz CT molecular complexity index is 554. The van der Waals surface area contributed by atoms with E-state index >= 15 is 0 Å². The van der Waals surface area contributed by atoms with E-state index in [1.54, 1.807) is 19.5 Å². The zero-order valence-electron chi connectivity index (χ0n) is 13.0. The Balaban J connectivity index is 2.23. The first kappa shape index (κ1) is 15.4. The summed E-state index contributed by atoms with van der Waals surface area (Å²) >= 11 is 0. The summed E-state index contributed by atoms with van der Waals surface area (Å²) in [5.74, 6) is 0.596. The number of hydrogen-bond donors (Lipinski definition) is 1. The predicted molar refractivity (Wildman–Crippen MR) is 84.5 cm³/mol. The maximum Gasteiger partial charge on any atom is 0.237 e. The minimum Gasteiger partial charge on any atom is -0.480 e. The molecule has 1 N–H and O–H groups in total. The lowest BCUT2D eigenvalue weighted by Crippen LogP contribution is -2.25. The predicted octanol–water partition coefficient (Wildman–Crippen LogP) is 3.08. The molecule has 0 aliphatic carbocycles. The van der Waals surface area contributed by atoms with Gasteiger partial charge in [0.05, 0.1) is 13.2 Å². The van der Waals surface area contributed by atoms with Crippen LogP contribution in [0.3, 0.4) is 0 Å². The molecule has 4 nitrogen and oxygen atoms in total. The number of nitrogens with one attached hydrogen (secondary N) is 1. The van der Waals surface area contributed by atoms with Crippen LogP contribution >= 0.6 is 0 Å². The molecule has 1 atom stereocenters. The second kappa shape index (κ2) is 7.74. The first-order valence-corrected chi connectivity index (χ1v) is 7.38. The molecule has 1 aromatic carbocycles. The van der Waals surface area contributed by atoms with Crippen molar-refractivity contribution in [3.05, 3.63) is 53.5 Å². The molecule has 4 heteroatoms. The van der Waals surface area contributed by atoms with Gasteiger partial charge in [0.2, 0.25) is 5.88 Å². The Kier molecular flexibility index (Phi) is 5.69. The fourth-order valence-corrected chi connectivity index (χ4v) is 2.28. The van der Waals surface area contributed by atoms with E-state index < -0.39 is 0 Å². The molecule has 1 heterocycles. The number of hydrogen-bond acceptors (Lipinski definition) is 4. The molecule has 0 fully saturated rings. The van der Waals surface area contributed by atoms with Gasteiger partial charge in [0, 0.05) is 12.4 Å². The van der Waals surface area contributed by atoms with Crippen LogP contribution in [0.25, 0.3) is 0 Å². The van der Waals surface area contributed by atoms with Crippen LogP contribution in [0.15, 0.2) is 36.7 Å². The lowest BCUT2D eigenvalue weighted by Gasteiger charge is -2.19. The number of methoxy groups -OCH3 is 1. The summed E-state index contributed by atoms with van der Waals surface area (Å²) in [4.78, 5) is 8.72. The monoisotopic (exact) mass is 285 g/mol. The lowest BCUT2D eigenvalue weighted by molar-refractivity contribution is 0.376. The molecule has 0 spiro atoms. The fraction of sp³-hybridized carbons (Fsp3) is 0.412. The van der Waals surface area contributed by atoms with E-state index in [2.05, 4.69) is 53.4 Å². The molecule has 112 valence electrons. The first-order valence-electron chi connectivity index (χ1n) is 7.38. The summed E-state index contributed by atoms with van der Waals surface area (Å²) in [5, 5.41) is 3.54. The minimum absolute atomic E-state index is 0.108. The molecular formula is C17H23N3O. The average molecular weight is 285 g/mol. The standard InChI is InChI=1S/C17H23N3O/c1-4-9-18-15(12-14-7-5-13(2)6-8-14)16-17(21-3)20-11-10-19-16/h5-8,10-11,15,18H,4,9,12H2,1-3H3. The van der Waals surface area contributed by atoms with E-state index in [9.17, 15) is 0 Å². The second-order valence-electron chi connectivity index (χ2n) is 5.15. The molecule has 0 aliphatic heterocycles. The summed E-state index contributed by atoms with van der Waals surface area (Å²) in [5.41, 5.74) is 3.42. The van der Waals surface area contributed by atoms with Crippen molar-refractivity contribution in [1.82, 2.24) is 15.3 Å². The zero-order valence-corrected chi connectivity index (χ0v) is 13.0. The number of ether oxygens (including phenoxy) is 1. The molecule has 0 amide bonds. The van der Waals surface area contributed by atoms with Crippen molar-refractivity contribution in [3.63, 3.8) is 0 Å². The second-order valence-corrected chi connectivity index (χ2v) is 5.15. The van der Waals surface area contributed by atoms with Gasteiger partial charge in [-0.2, -0.15) is 0 Å². The Morgan fingerprint density at radius 3 is 2.52 bits per heavy atom. The molecule has 0 saturated heterocycles. The number of aryl methyl sites for hydroxylation is 1. The van der Waals surface area contributed by atoms with Gasteiger partial charge < -0.3 is 10.1 Å². The molecule has 2 aromatic rings. The lowest BCUT2D eigenvalue weighted by atomic mass is 10.0. The Morgan fingerprint density at radius 2 is 1.86 bits per heavy atom. The van der Waals surface area contributed by atoms with Crippen molar-refractivity contribution in [3.8, 4) is 5.88 Å². The van der Waals surface area contributed by atoms with Crippen molar-refractivity contribution in [2.75, 3.05) is 13.7 Å². The van der Waals surface area contributed by atoms with Gasteiger partial charge in [-0.05, 0) is 31.9 Å². The molecule has 0 radical (unpaired) electrons. The van der Waals surface area contributed by atoms with Crippen LogP contribution in [-0.2, 0) is 6.42 Å². The highest BCUT2D eigenvalue weighted by atomic mass is 16.5. The van der Waals surface area contributed by atoms with E-state index in [1.165, 1.54) is 11.1 Å². The van der Waals surface area contributed by atoms with Gasteiger partial charge in [0.15, 0.2) is 0 Å². The van der Waals surface area contributed by atoms with E-state index in [1.807, 2.05) is 0 Å². The van der Waals surface area contributed by atoms with E-state index in [0.717, 1.165) is 25.1 Å². The molecule has 1 aromatic heterocycles. The number of aromatic nitrogens is 2. The van der Waals surface area contributed by atoms with E-state index in [-0.39, 0.29) is 6.04 Å². The number of nitrogens with zero attached hydrogens (tertiary/aromatic N) is 2. The SMILES string of the molecule is CCCNC(Cc1ccc(C)cc1)c1nccnc1OC. The van der Waals surface area contributed by atoms with Gasteiger partial charge in [-0.3, -0.25) is 4.98 Å². The van der Waals surface area contributed by atoms with Gasteiger partial charge in [0.25, 0.3) is 0 Å². The van der Waals surface area contributed by atoms with Crippen LogP contribution in [0.5, 0.6) is 5.88 Å². The molecule has 0 bridgehead atoms. The van der Waals surface area contributed by atoms with Crippen LogP contribution in [0.2, 0.25) is 0 Å². The fourth-order valence-electron chi connectivity index (χ4n) is 2.28. The Hall–Kier alpha value is -1.94. The first-order chi connectivity index (χ1) is 10.2. The van der Waals surface area contributed by atoms with Gasteiger partial charge in [-0.25, -0.2) is 4.98 Å². The van der Waals surface area contributed by atoms with Crippen LogP contribution in [0.4, 0.5) is 0 Å². The highest BCUT2D eigenvalue weighted by molar-refractivity contribution is 5.27. The highest BCUT2D eigenvalue weighted by Crippen LogP contribution is 2.23. The van der Waals surface area contributed by atoms with Crippen molar-refractivity contribution >= 4 is 0 Å². The topological polar surface area (TPSA) is 47.0 Å². The van der Waals surface area contributed by atoms with E-state index in [0.29, 0.717) is 5.88 Å². The molecule has 1 unspecified atom stereocenters. The van der Waals surface area contributed by atoms with Crippen LogP contribution in [0.1, 0.15) is 36.2 Å². The Labute approximate surface area is 126 Å². The molecule has 0 saturated carbocycles. The van der Waals surface area contributed by atoms with Gasteiger partial charge in [-0.15, -0.1) is 0 Å². The minimum atomic E-state index is 0.108.